The van der Waals surface area contributed by atoms with E-state index in [0.717, 1.165) is 26.2 Å². The van der Waals surface area contributed by atoms with Crippen LogP contribution in [-0.4, -0.2) is 71.4 Å². The molecule has 4 rings (SSSR count). The number of hydrogen-bond donors (Lipinski definition) is 2. The molecule has 1 unspecified atom stereocenters. The van der Waals surface area contributed by atoms with Crippen molar-refractivity contribution in [3.8, 4) is 0 Å². The maximum absolute atomic E-state index is 9.55. The lowest BCUT2D eigenvalue weighted by atomic mass is 9.92. The van der Waals surface area contributed by atoms with Crippen molar-refractivity contribution in [1.29, 1.82) is 0 Å². The molecule has 1 aliphatic heterocycles. The van der Waals surface area contributed by atoms with Crippen LogP contribution in [-0.2, 0) is 9.59 Å². The molecule has 0 radical (unpaired) electrons. The van der Waals surface area contributed by atoms with Crippen LogP contribution in [0.4, 0.5) is 0 Å². The normalized spacial score (nSPS) is 18.2. The van der Waals surface area contributed by atoms with Gasteiger partial charge in [0.2, 0.25) is 0 Å². The monoisotopic (exact) mass is 452 g/mol. The number of thioether (sulfide) groups is 1. The van der Waals surface area contributed by atoms with E-state index in [1.54, 1.807) is 0 Å². The smallest absolute Gasteiger partial charge is 0.328 e. The number of nitrogens with zero attached hydrogens (tertiary/aromatic N) is 2. The van der Waals surface area contributed by atoms with Gasteiger partial charge in [0.25, 0.3) is 0 Å². The minimum atomic E-state index is -1.26. The first kappa shape index (κ1) is 23.8. The van der Waals surface area contributed by atoms with Gasteiger partial charge in [0, 0.05) is 43.2 Å². The summed E-state index contributed by atoms with van der Waals surface area (Å²) in [6.45, 7) is 4.53. The summed E-state index contributed by atoms with van der Waals surface area (Å²) >= 11 is 1.83. The van der Waals surface area contributed by atoms with Gasteiger partial charge in [-0.1, -0.05) is 42.5 Å². The molecular weight excluding hydrogens is 424 g/mol. The minimum Gasteiger partial charge on any atom is -0.478 e. The van der Waals surface area contributed by atoms with Crippen LogP contribution in [0.3, 0.4) is 0 Å². The lowest BCUT2D eigenvalue weighted by Crippen LogP contribution is -2.46. The summed E-state index contributed by atoms with van der Waals surface area (Å²) in [5.74, 6) is -2.51. The lowest BCUT2D eigenvalue weighted by Gasteiger charge is -2.39. The first-order valence-electron chi connectivity index (χ1n) is 10.4. The van der Waals surface area contributed by atoms with E-state index in [-0.39, 0.29) is 0 Å². The first-order valence-corrected chi connectivity index (χ1v) is 11.6. The largest absolute Gasteiger partial charge is 0.478 e. The fourth-order valence-electron chi connectivity index (χ4n) is 3.94. The Morgan fingerprint density at radius 2 is 1.50 bits per heavy atom. The maximum atomic E-state index is 9.55. The molecule has 2 aliphatic rings. The second-order valence-corrected chi connectivity index (χ2v) is 8.59. The number of piperazine rings is 1. The van der Waals surface area contributed by atoms with Crippen molar-refractivity contribution in [1.82, 2.24) is 9.80 Å². The summed E-state index contributed by atoms with van der Waals surface area (Å²) < 4.78 is 0. The van der Waals surface area contributed by atoms with Crippen molar-refractivity contribution in [2.24, 2.45) is 0 Å². The van der Waals surface area contributed by atoms with Gasteiger partial charge >= 0.3 is 11.9 Å². The molecule has 6 nitrogen and oxygen atoms in total. The van der Waals surface area contributed by atoms with Crippen molar-refractivity contribution < 1.29 is 19.8 Å². The highest BCUT2D eigenvalue weighted by Gasteiger charge is 2.29. The Morgan fingerprint density at radius 3 is 2.09 bits per heavy atom. The second-order valence-electron chi connectivity index (χ2n) is 7.71. The zero-order chi connectivity index (χ0) is 23.1. The van der Waals surface area contributed by atoms with Crippen molar-refractivity contribution >= 4 is 35.9 Å². The molecule has 0 amide bonds. The average molecular weight is 453 g/mol. The highest BCUT2D eigenvalue weighted by Crippen LogP contribution is 2.38. The Kier molecular flexibility index (Phi) is 8.27. The molecule has 1 aliphatic carbocycles. The highest BCUT2D eigenvalue weighted by atomic mass is 32.2. The molecule has 2 aromatic rings. The van der Waals surface area contributed by atoms with Crippen LogP contribution in [0.25, 0.3) is 12.2 Å². The Bertz CT molecular complexity index is 1010. The molecule has 1 atom stereocenters. The Hall–Kier alpha value is -2.87. The molecule has 0 aromatic heterocycles. The predicted octanol–water partition coefficient (Wildman–Crippen LogP) is 3.94. The Morgan fingerprint density at radius 1 is 0.906 bits per heavy atom. The zero-order valence-electron chi connectivity index (χ0n) is 18.3. The summed E-state index contributed by atoms with van der Waals surface area (Å²) in [6.07, 6.45) is 7.84. The van der Waals surface area contributed by atoms with E-state index >= 15 is 0 Å². The summed E-state index contributed by atoms with van der Waals surface area (Å²) in [6, 6.07) is 16.2. The van der Waals surface area contributed by atoms with Gasteiger partial charge in [-0.15, -0.1) is 11.8 Å². The second kappa shape index (κ2) is 11.1. The summed E-state index contributed by atoms with van der Waals surface area (Å²) in [5.41, 5.74) is 5.60. The minimum absolute atomic E-state index is 0.354. The average Bonchev–Trinajstić information content (AvgIpc) is 2.95. The van der Waals surface area contributed by atoms with Crippen LogP contribution in [0.1, 0.15) is 28.3 Å². The number of carbonyl (C=O) groups is 2. The van der Waals surface area contributed by atoms with E-state index in [1.165, 1.54) is 27.1 Å². The topological polar surface area (TPSA) is 81.1 Å². The quantitative estimate of drug-likeness (QED) is 0.537. The van der Waals surface area contributed by atoms with Crippen molar-refractivity contribution in [2.45, 2.75) is 10.9 Å². The molecule has 7 heteroatoms. The molecule has 0 saturated carbocycles. The van der Waals surface area contributed by atoms with E-state index in [9.17, 15) is 9.59 Å². The van der Waals surface area contributed by atoms with Gasteiger partial charge in [-0.05, 0) is 47.7 Å². The predicted molar refractivity (Wildman–Crippen MR) is 129 cm³/mol. The zero-order valence-corrected chi connectivity index (χ0v) is 19.1. The molecule has 1 fully saturated rings. The van der Waals surface area contributed by atoms with E-state index in [1.807, 2.05) is 11.8 Å². The number of aliphatic carboxylic acids is 2. The molecule has 32 heavy (non-hydrogen) atoms. The van der Waals surface area contributed by atoms with E-state index in [0.29, 0.717) is 18.2 Å². The van der Waals surface area contributed by atoms with Gasteiger partial charge in [0.15, 0.2) is 0 Å². The van der Waals surface area contributed by atoms with Gasteiger partial charge in [0.05, 0.1) is 6.04 Å². The third-order valence-electron chi connectivity index (χ3n) is 5.59. The standard InChI is InChI=1S/C21H24N2S.C4H4O4/c1-22-11-13-23(14-12-22)21-19-6-4-3-5-16(19)7-8-17-9-10-18(24-2)15-20(17)21;5-3(6)1-2-4(7)8/h3-10,15,21H,11-14H2,1-2H3;1-2H,(H,5,6)(H,7,8)/b;2-1-. The molecule has 0 bridgehead atoms. The van der Waals surface area contributed by atoms with Crippen molar-refractivity contribution in [3.05, 3.63) is 76.9 Å². The Labute approximate surface area is 192 Å². The van der Waals surface area contributed by atoms with Crippen LogP contribution in [0.15, 0.2) is 59.5 Å². The van der Waals surface area contributed by atoms with Gasteiger partial charge in [-0.3, -0.25) is 4.90 Å². The third-order valence-corrected chi connectivity index (χ3v) is 6.32. The van der Waals surface area contributed by atoms with Crippen LogP contribution in [0.2, 0.25) is 0 Å². The van der Waals surface area contributed by atoms with Crippen LogP contribution in [0.5, 0.6) is 0 Å². The number of carboxylic acid groups (broad SMARTS) is 2. The van der Waals surface area contributed by atoms with E-state index < -0.39 is 11.9 Å². The number of fused-ring (bicyclic) bond motifs is 2. The molecule has 0 spiro atoms. The molecular formula is C25H28N2O4S. The fraction of sp³-hybridized carbons (Fsp3) is 0.280. The summed E-state index contributed by atoms with van der Waals surface area (Å²) in [4.78, 5) is 25.5. The van der Waals surface area contributed by atoms with E-state index in [2.05, 4.69) is 77.7 Å². The number of hydrogen-bond acceptors (Lipinski definition) is 5. The fourth-order valence-corrected chi connectivity index (χ4v) is 4.39. The highest BCUT2D eigenvalue weighted by molar-refractivity contribution is 7.98. The Balaban J connectivity index is 0.000000312. The summed E-state index contributed by atoms with van der Waals surface area (Å²) in [5, 5.41) is 15.6. The first-order chi connectivity index (χ1) is 15.4. The van der Waals surface area contributed by atoms with Crippen molar-refractivity contribution in [3.63, 3.8) is 0 Å². The van der Waals surface area contributed by atoms with Gasteiger partial charge in [-0.2, -0.15) is 0 Å². The van der Waals surface area contributed by atoms with Crippen molar-refractivity contribution in [2.75, 3.05) is 39.5 Å². The van der Waals surface area contributed by atoms with Crippen LogP contribution < -0.4 is 0 Å². The number of benzene rings is 2. The lowest BCUT2D eigenvalue weighted by molar-refractivity contribution is -0.134. The van der Waals surface area contributed by atoms with Crippen LogP contribution >= 0.6 is 11.8 Å². The third kappa shape index (κ3) is 6.09. The number of rotatable bonds is 4. The van der Waals surface area contributed by atoms with Gasteiger partial charge in [-0.25, -0.2) is 9.59 Å². The number of likely N-dealkylation sites (N-methyl/N-ethyl adjacent to an activating group) is 1. The van der Waals surface area contributed by atoms with Gasteiger partial charge in [0.1, 0.15) is 0 Å². The van der Waals surface area contributed by atoms with Crippen LogP contribution in [0, 0.1) is 0 Å². The molecule has 1 heterocycles. The summed E-state index contributed by atoms with van der Waals surface area (Å²) in [7, 11) is 2.22. The van der Waals surface area contributed by atoms with E-state index in [4.69, 9.17) is 10.2 Å². The number of carboxylic acids is 2. The SMILES string of the molecule is CSc1ccc2c(c1)C(N1CCN(C)CC1)c1ccccc1C=C2.O=C(O)/C=C\C(=O)O. The molecule has 168 valence electrons. The molecule has 2 N–H and O–H groups in total. The molecule has 2 aromatic carbocycles. The van der Waals surface area contributed by atoms with Gasteiger partial charge < -0.3 is 15.1 Å². The molecule has 1 saturated heterocycles. The maximum Gasteiger partial charge on any atom is 0.328 e.